The first-order valence-corrected chi connectivity index (χ1v) is 5.83. The van der Waals surface area contributed by atoms with Crippen molar-refractivity contribution in [3.8, 4) is 0 Å². The maximum Gasteiger partial charge on any atom is 0.0710 e. The number of methoxy groups -OCH3 is 1. The molecule has 1 aromatic rings. The molecule has 2 N–H and O–H groups in total. The lowest BCUT2D eigenvalue weighted by Crippen LogP contribution is -2.26. The SMILES string of the molecule is COC1CCN(C(C)c2ccc(N)cc2)C1. The van der Waals surface area contributed by atoms with Crippen LogP contribution < -0.4 is 5.73 Å². The van der Waals surface area contributed by atoms with Gasteiger partial charge in [-0.2, -0.15) is 0 Å². The molecule has 0 radical (unpaired) electrons. The van der Waals surface area contributed by atoms with Gasteiger partial charge in [-0.05, 0) is 31.0 Å². The first kappa shape index (κ1) is 11.4. The smallest absolute Gasteiger partial charge is 0.0710 e. The lowest BCUT2D eigenvalue weighted by Gasteiger charge is -2.24. The first-order chi connectivity index (χ1) is 7.70. The number of rotatable bonds is 3. The van der Waals surface area contributed by atoms with Gasteiger partial charge in [0.05, 0.1) is 6.10 Å². The van der Waals surface area contributed by atoms with Crippen molar-refractivity contribution in [2.24, 2.45) is 0 Å². The van der Waals surface area contributed by atoms with Crippen molar-refractivity contribution in [1.82, 2.24) is 4.90 Å². The Labute approximate surface area is 97.2 Å². The number of benzene rings is 1. The Morgan fingerprint density at radius 3 is 2.62 bits per heavy atom. The average Bonchev–Trinajstić information content (AvgIpc) is 2.77. The summed E-state index contributed by atoms with van der Waals surface area (Å²) in [4.78, 5) is 2.46. The van der Waals surface area contributed by atoms with Crippen LogP contribution in [0.3, 0.4) is 0 Å². The van der Waals surface area contributed by atoms with Gasteiger partial charge in [0.15, 0.2) is 0 Å². The van der Waals surface area contributed by atoms with E-state index in [9.17, 15) is 0 Å². The fourth-order valence-corrected chi connectivity index (χ4v) is 2.28. The molecule has 2 rings (SSSR count). The van der Waals surface area contributed by atoms with E-state index in [-0.39, 0.29) is 0 Å². The molecule has 3 nitrogen and oxygen atoms in total. The molecule has 1 saturated heterocycles. The van der Waals surface area contributed by atoms with E-state index in [1.807, 2.05) is 12.1 Å². The molecule has 0 spiro atoms. The van der Waals surface area contributed by atoms with Crippen molar-refractivity contribution in [3.05, 3.63) is 29.8 Å². The third-order valence-electron chi connectivity index (χ3n) is 3.48. The molecule has 0 bridgehead atoms. The van der Waals surface area contributed by atoms with Crippen LogP contribution in [-0.4, -0.2) is 31.2 Å². The molecule has 1 aromatic carbocycles. The Balaban J connectivity index is 2.02. The highest BCUT2D eigenvalue weighted by molar-refractivity contribution is 5.40. The van der Waals surface area contributed by atoms with E-state index < -0.39 is 0 Å². The van der Waals surface area contributed by atoms with Crippen LogP contribution in [0.5, 0.6) is 0 Å². The third kappa shape index (κ3) is 2.36. The summed E-state index contributed by atoms with van der Waals surface area (Å²) in [5.41, 5.74) is 7.84. The molecular weight excluding hydrogens is 200 g/mol. The van der Waals surface area contributed by atoms with Gasteiger partial charge in [-0.25, -0.2) is 0 Å². The second kappa shape index (κ2) is 4.85. The Morgan fingerprint density at radius 2 is 2.06 bits per heavy atom. The normalized spacial score (nSPS) is 23.5. The third-order valence-corrected chi connectivity index (χ3v) is 3.48. The number of nitrogens with zero attached hydrogens (tertiary/aromatic N) is 1. The van der Waals surface area contributed by atoms with Crippen LogP contribution in [0.15, 0.2) is 24.3 Å². The summed E-state index contributed by atoms with van der Waals surface area (Å²) in [6.07, 6.45) is 1.53. The van der Waals surface area contributed by atoms with Crippen molar-refractivity contribution in [1.29, 1.82) is 0 Å². The predicted molar refractivity (Wildman–Crippen MR) is 66.3 cm³/mol. The summed E-state index contributed by atoms with van der Waals surface area (Å²) in [5, 5.41) is 0. The molecule has 88 valence electrons. The standard InChI is InChI=1S/C13H20N2O/c1-10(11-3-5-12(14)6-4-11)15-8-7-13(9-15)16-2/h3-6,10,13H,7-9,14H2,1-2H3. The highest BCUT2D eigenvalue weighted by Crippen LogP contribution is 2.25. The van der Waals surface area contributed by atoms with E-state index >= 15 is 0 Å². The lowest BCUT2D eigenvalue weighted by atomic mass is 10.1. The molecule has 0 amide bonds. The fraction of sp³-hybridized carbons (Fsp3) is 0.538. The zero-order valence-electron chi connectivity index (χ0n) is 10.0. The van der Waals surface area contributed by atoms with Gasteiger partial charge >= 0.3 is 0 Å². The summed E-state index contributed by atoms with van der Waals surface area (Å²) in [6, 6.07) is 8.60. The molecule has 2 atom stereocenters. The van der Waals surface area contributed by atoms with Crippen LogP contribution in [0.25, 0.3) is 0 Å². The van der Waals surface area contributed by atoms with E-state index in [0.29, 0.717) is 12.1 Å². The number of anilines is 1. The molecule has 3 heteroatoms. The van der Waals surface area contributed by atoms with E-state index in [1.54, 1.807) is 7.11 Å². The highest BCUT2D eigenvalue weighted by atomic mass is 16.5. The summed E-state index contributed by atoms with van der Waals surface area (Å²) in [6.45, 7) is 4.38. The van der Waals surface area contributed by atoms with Gasteiger partial charge in [0.25, 0.3) is 0 Å². The van der Waals surface area contributed by atoms with Crippen molar-refractivity contribution in [2.75, 3.05) is 25.9 Å². The van der Waals surface area contributed by atoms with Gasteiger partial charge in [-0.3, -0.25) is 4.90 Å². The second-order valence-electron chi connectivity index (χ2n) is 4.48. The van der Waals surface area contributed by atoms with E-state index in [4.69, 9.17) is 10.5 Å². The lowest BCUT2D eigenvalue weighted by molar-refractivity contribution is 0.102. The van der Waals surface area contributed by atoms with E-state index in [2.05, 4.69) is 24.0 Å². The van der Waals surface area contributed by atoms with Crippen molar-refractivity contribution in [2.45, 2.75) is 25.5 Å². The molecule has 0 saturated carbocycles. The minimum atomic E-state index is 0.399. The monoisotopic (exact) mass is 220 g/mol. The van der Waals surface area contributed by atoms with Crippen molar-refractivity contribution in [3.63, 3.8) is 0 Å². The van der Waals surface area contributed by atoms with E-state index in [0.717, 1.165) is 25.2 Å². The number of ether oxygens (including phenoxy) is 1. The maximum absolute atomic E-state index is 5.69. The Hall–Kier alpha value is -1.06. The zero-order valence-corrected chi connectivity index (χ0v) is 10.0. The average molecular weight is 220 g/mol. The Bertz CT molecular complexity index is 336. The van der Waals surface area contributed by atoms with Crippen LogP contribution in [0.1, 0.15) is 24.9 Å². The molecule has 0 aliphatic carbocycles. The summed E-state index contributed by atoms with van der Waals surface area (Å²) < 4.78 is 5.38. The first-order valence-electron chi connectivity index (χ1n) is 5.83. The number of hydrogen-bond donors (Lipinski definition) is 1. The Morgan fingerprint density at radius 1 is 1.38 bits per heavy atom. The molecule has 1 heterocycles. The molecule has 1 aliphatic heterocycles. The zero-order chi connectivity index (χ0) is 11.5. The predicted octanol–water partition coefficient (Wildman–Crippen LogP) is 2.05. The number of nitrogen functional groups attached to an aromatic ring is 1. The van der Waals surface area contributed by atoms with Crippen LogP contribution >= 0.6 is 0 Å². The van der Waals surface area contributed by atoms with Crippen LogP contribution in [-0.2, 0) is 4.74 Å². The largest absolute Gasteiger partial charge is 0.399 e. The van der Waals surface area contributed by atoms with Gasteiger partial charge in [0.2, 0.25) is 0 Å². The molecule has 0 aromatic heterocycles. The summed E-state index contributed by atoms with van der Waals surface area (Å²) >= 11 is 0. The van der Waals surface area contributed by atoms with Crippen LogP contribution in [0.4, 0.5) is 5.69 Å². The minimum absolute atomic E-state index is 0.399. The maximum atomic E-state index is 5.69. The molecule has 1 fully saturated rings. The van der Waals surface area contributed by atoms with Gasteiger partial charge in [0.1, 0.15) is 0 Å². The molecule has 16 heavy (non-hydrogen) atoms. The molecular formula is C13H20N2O. The number of hydrogen-bond acceptors (Lipinski definition) is 3. The fourth-order valence-electron chi connectivity index (χ4n) is 2.28. The van der Waals surface area contributed by atoms with Crippen molar-refractivity contribution >= 4 is 5.69 Å². The van der Waals surface area contributed by atoms with E-state index in [1.165, 1.54) is 5.56 Å². The highest BCUT2D eigenvalue weighted by Gasteiger charge is 2.26. The van der Waals surface area contributed by atoms with Crippen LogP contribution in [0.2, 0.25) is 0 Å². The summed E-state index contributed by atoms with van der Waals surface area (Å²) in [5.74, 6) is 0. The van der Waals surface area contributed by atoms with Gasteiger partial charge in [-0.1, -0.05) is 12.1 Å². The van der Waals surface area contributed by atoms with Gasteiger partial charge in [-0.15, -0.1) is 0 Å². The topological polar surface area (TPSA) is 38.5 Å². The molecule has 2 unspecified atom stereocenters. The van der Waals surface area contributed by atoms with Gasteiger partial charge < -0.3 is 10.5 Å². The second-order valence-corrected chi connectivity index (χ2v) is 4.48. The Kier molecular flexibility index (Phi) is 3.46. The minimum Gasteiger partial charge on any atom is -0.399 e. The summed E-state index contributed by atoms with van der Waals surface area (Å²) in [7, 11) is 1.79. The molecule has 1 aliphatic rings. The van der Waals surface area contributed by atoms with Crippen LogP contribution in [0, 0.1) is 0 Å². The quantitative estimate of drug-likeness (QED) is 0.792. The van der Waals surface area contributed by atoms with Gasteiger partial charge in [0, 0.05) is 31.9 Å². The number of nitrogens with two attached hydrogens (primary N) is 1. The number of likely N-dealkylation sites (tertiary alicyclic amines) is 1. The van der Waals surface area contributed by atoms with Crippen molar-refractivity contribution < 1.29 is 4.74 Å².